The van der Waals surface area contributed by atoms with Gasteiger partial charge in [-0.1, -0.05) is 38.5 Å². The fourth-order valence-electron chi connectivity index (χ4n) is 3.73. The zero-order valence-electron chi connectivity index (χ0n) is 15.5. The Balaban J connectivity index is 1.62. The first kappa shape index (κ1) is 18.4. The van der Waals surface area contributed by atoms with Gasteiger partial charge in [-0.3, -0.25) is 9.59 Å². The minimum absolute atomic E-state index is 0.000231. The summed E-state index contributed by atoms with van der Waals surface area (Å²) in [4.78, 5) is 28.9. The van der Waals surface area contributed by atoms with Crippen LogP contribution in [0, 0.1) is 11.8 Å². The van der Waals surface area contributed by atoms with Gasteiger partial charge in [-0.2, -0.15) is 0 Å². The summed E-state index contributed by atoms with van der Waals surface area (Å²) in [5.41, 5.74) is 0.873. The minimum Gasteiger partial charge on any atom is -0.353 e. The quantitative estimate of drug-likeness (QED) is 0.856. The number of para-hydroxylation sites is 1. The molecule has 1 fully saturated rings. The van der Waals surface area contributed by atoms with Gasteiger partial charge in [0.25, 0.3) is 0 Å². The number of hydrogen-bond acceptors (Lipinski definition) is 3. The highest BCUT2D eigenvalue weighted by atomic mass is 16.2. The number of benzene rings is 1. The van der Waals surface area contributed by atoms with Crippen molar-refractivity contribution in [3.05, 3.63) is 36.4 Å². The number of amides is 2. The number of carbonyl (C=O) groups excluding carboxylic acids is 2. The van der Waals surface area contributed by atoms with Crippen LogP contribution in [0.3, 0.4) is 0 Å². The Hall–Kier alpha value is -2.43. The van der Waals surface area contributed by atoms with E-state index in [2.05, 4.69) is 15.6 Å². The Kier molecular flexibility index (Phi) is 5.86. The lowest BCUT2D eigenvalue weighted by Gasteiger charge is -2.32. The Bertz CT molecular complexity index is 790. The lowest BCUT2D eigenvalue weighted by atomic mass is 9.78. The Morgan fingerprint density at radius 3 is 2.81 bits per heavy atom. The summed E-state index contributed by atoms with van der Waals surface area (Å²) >= 11 is 0. The first-order chi connectivity index (χ1) is 12.6. The molecular weight excluding hydrogens is 326 g/mol. The molecule has 2 unspecified atom stereocenters. The van der Waals surface area contributed by atoms with Crippen molar-refractivity contribution in [3.8, 4) is 0 Å². The molecule has 3 rings (SSSR count). The first-order valence-electron chi connectivity index (χ1n) is 9.53. The molecule has 1 aromatic heterocycles. The summed E-state index contributed by atoms with van der Waals surface area (Å²) in [6, 6.07) is 11.9. The van der Waals surface area contributed by atoms with Gasteiger partial charge < -0.3 is 10.6 Å². The van der Waals surface area contributed by atoms with E-state index in [9.17, 15) is 9.59 Å². The van der Waals surface area contributed by atoms with Gasteiger partial charge in [0.15, 0.2) is 0 Å². The average Bonchev–Trinajstić information content (AvgIpc) is 2.67. The SMILES string of the molecule is CCC(=O)NC1CCCC([C@H](C)C(=O)Nc2ccc3ccccc3n2)C1. The monoisotopic (exact) mass is 353 g/mol. The highest BCUT2D eigenvalue weighted by molar-refractivity contribution is 5.93. The smallest absolute Gasteiger partial charge is 0.228 e. The Morgan fingerprint density at radius 1 is 1.19 bits per heavy atom. The largest absolute Gasteiger partial charge is 0.353 e. The summed E-state index contributed by atoms with van der Waals surface area (Å²) in [7, 11) is 0. The van der Waals surface area contributed by atoms with Gasteiger partial charge >= 0.3 is 0 Å². The van der Waals surface area contributed by atoms with Gasteiger partial charge in [0.05, 0.1) is 5.52 Å². The molecule has 1 saturated carbocycles. The van der Waals surface area contributed by atoms with Crippen LogP contribution in [-0.4, -0.2) is 22.8 Å². The normalized spacial score (nSPS) is 21.2. The number of nitrogens with one attached hydrogen (secondary N) is 2. The van der Waals surface area contributed by atoms with E-state index in [1.54, 1.807) is 0 Å². The van der Waals surface area contributed by atoms with E-state index in [1.165, 1.54) is 0 Å². The minimum atomic E-state index is -0.107. The first-order valence-corrected chi connectivity index (χ1v) is 9.53. The van der Waals surface area contributed by atoms with Gasteiger partial charge in [0.2, 0.25) is 11.8 Å². The van der Waals surface area contributed by atoms with Crippen molar-refractivity contribution in [1.29, 1.82) is 0 Å². The molecule has 0 aliphatic heterocycles. The molecule has 0 bridgehead atoms. The molecule has 1 aliphatic rings. The Labute approximate surface area is 154 Å². The standard InChI is InChI=1S/C21H27N3O2/c1-3-20(25)22-17-9-6-8-16(13-17)14(2)21(26)24-19-12-11-15-7-4-5-10-18(15)23-19/h4-5,7,10-12,14,16-17H,3,6,8-9,13H2,1-2H3,(H,22,25)(H,23,24,26)/t14-,16?,17?/m0/s1. The zero-order chi connectivity index (χ0) is 18.5. The van der Waals surface area contributed by atoms with Crippen molar-refractivity contribution in [2.75, 3.05) is 5.32 Å². The molecule has 0 radical (unpaired) electrons. The van der Waals surface area contributed by atoms with Gasteiger partial charge in [-0.25, -0.2) is 4.98 Å². The molecule has 0 saturated heterocycles. The summed E-state index contributed by atoms with van der Waals surface area (Å²) in [5.74, 6) is 0.858. The van der Waals surface area contributed by atoms with Crippen LogP contribution in [0.5, 0.6) is 0 Å². The molecule has 2 N–H and O–H groups in total. The molecule has 5 heteroatoms. The summed E-state index contributed by atoms with van der Waals surface area (Å²) in [5, 5.41) is 7.10. The second-order valence-corrected chi connectivity index (χ2v) is 7.21. The second-order valence-electron chi connectivity index (χ2n) is 7.21. The van der Waals surface area contributed by atoms with E-state index in [0.29, 0.717) is 12.2 Å². The van der Waals surface area contributed by atoms with Crippen LogP contribution in [0.15, 0.2) is 36.4 Å². The second kappa shape index (κ2) is 8.30. The van der Waals surface area contributed by atoms with Crippen molar-refractivity contribution in [2.24, 2.45) is 11.8 Å². The van der Waals surface area contributed by atoms with Crippen LogP contribution >= 0.6 is 0 Å². The van der Waals surface area contributed by atoms with Crippen LogP contribution < -0.4 is 10.6 Å². The molecule has 2 amide bonds. The van der Waals surface area contributed by atoms with Gasteiger partial charge in [-0.15, -0.1) is 0 Å². The van der Waals surface area contributed by atoms with Crippen molar-refractivity contribution in [2.45, 2.75) is 52.0 Å². The summed E-state index contributed by atoms with van der Waals surface area (Å²) in [6.07, 6.45) is 4.45. The van der Waals surface area contributed by atoms with Crippen molar-refractivity contribution in [3.63, 3.8) is 0 Å². The maximum Gasteiger partial charge on any atom is 0.228 e. The average molecular weight is 353 g/mol. The number of hydrogen-bond donors (Lipinski definition) is 2. The molecule has 1 aliphatic carbocycles. The number of fused-ring (bicyclic) bond motifs is 1. The maximum atomic E-state index is 12.7. The van der Waals surface area contributed by atoms with Crippen LogP contribution in [0.1, 0.15) is 46.0 Å². The summed E-state index contributed by atoms with van der Waals surface area (Å²) in [6.45, 7) is 3.84. The predicted octanol–water partition coefficient (Wildman–Crippen LogP) is 3.89. The molecule has 3 atom stereocenters. The topological polar surface area (TPSA) is 71.1 Å². The number of nitrogens with zero attached hydrogens (tertiary/aromatic N) is 1. The molecule has 1 aromatic carbocycles. The van der Waals surface area contributed by atoms with Crippen LogP contribution in [-0.2, 0) is 9.59 Å². The number of carbonyl (C=O) groups is 2. The van der Waals surface area contributed by atoms with Crippen LogP contribution in [0.2, 0.25) is 0 Å². The molecule has 138 valence electrons. The molecule has 0 spiro atoms. The fraction of sp³-hybridized carbons (Fsp3) is 0.476. The van der Waals surface area contributed by atoms with Crippen LogP contribution in [0.4, 0.5) is 5.82 Å². The maximum absolute atomic E-state index is 12.7. The molecule has 26 heavy (non-hydrogen) atoms. The molecule has 1 heterocycles. The highest BCUT2D eigenvalue weighted by Gasteiger charge is 2.30. The predicted molar refractivity (Wildman–Crippen MR) is 104 cm³/mol. The fourth-order valence-corrected chi connectivity index (χ4v) is 3.73. The van der Waals surface area contributed by atoms with E-state index in [0.717, 1.165) is 36.6 Å². The van der Waals surface area contributed by atoms with Gasteiger partial charge in [-0.05, 0) is 43.4 Å². The number of anilines is 1. The molecule has 5 nitrogen and oxygen atoms in total. The van der Waals surface area contributed by atoms with Crippen LogP contribution in [0.25, 0.3) is 10.9 Å². The number of aromatic nitrogens is 1. The van der Waals surface area contributed by atoms with E-state index >= 15 is 0 Å². The van der Waals surface area contributed by atoms with E-state index in [-0.39, 0.29) is 29.7 Å². The lowest BCUT2D eigenvalue weighted by molar-refractivity contribution is -0.122. The van der Waals surface area contributed by atoms with Crippen molar-refractivity contribution >= 4 is 28.5 Å². The lowest BCUT2D eigenvalue weighted by Crippen LogP contribution is -2.40. The van der Waals surface area contributed by atoms with Crippen molar-refractivity contribution in [1.82, 2.24) is 10.3 Å². The van der Waals surface area contributed by atoms with E-state index in [4.69, 9.17) is 0 Å². The summed E-state index contributed by atoms with van der Waals surface area (Å²) < 4.78 is 0. The van der Waals surface area contributed by atoms with Gasteiger partial charge in [0.1, 0.15) is 5.82 Å². The van der Waals surface area contributed by atoms with Gasteiger partial charge in [0, 0.05) is 23.8 Å². The third kappa shape index (κ3) is 4.40. The zero-order valence-corrected chi connectivity index (χ0v) is 15.5. The third-order valence-corrected chi connectivity index (χ3v) is 5.37. The number of pyridine rings is 1. The van der Waals surface area contributed by atoms with E-state index < -0.39 is 0 Å². The third-order valence-electron chi connectivity index (χ3n) is 5.37. The Morgan fingerprint density at radius 2 is 2.00 bits per heavy atom. The van der Waals surface area contributed by atoms with E-state index in [1.807, 2.05) is 50.2 Å². The molecular formula is C21H27N3O2. The number of rotatable bonds is 5. The highest BCUT2D eigenvalue weighted by Crippen LogP contribution is 2.31. The van der Waals surface area contributed by atoms with Crippen molar-refractivity contribution < 1.29 is 9.59 Å². The molecule has 2 aromatic rings.